The first-order valence-corrected chi connectivity index (χ1v) is 11.7. The third kappa shape index (κ3) is 4.20. The van der Waals surface area contributed by atoms with E-state index in [0.29, 0.717) is 4.21 Å². The summed E-state index contributed by atoms with van der Waals surface area (Å²) in [5, 5.41) is 6.17. The predicted octanol–water partition coefficient (Wildman–Crippen LogP) is 4.39. The fraction of sp³-hybridized carbons (Fsp3) is 0.278. The Morgan fingerprint density at radius 2 is 1.96 bits per heavy atom. The predicted molar refractivity (Wildman–Crippen MR) is 108 cm³/mol. The molecule has 2 aromatic heterocycles. The van der Waals surface area contributed by atoms with Crippen molar-refractivity contribution in [2.45, 2.75) is 35.5 Å². The van der Waals surface area contributed by atoms with E-state index in [1.807, 2.05) is 60.5 Å². The third-order valence-corrected chi connectivity index (χ3v) is 7.51. The van der Waals surface area contributed by atoms with Crippen molar-refractivity contribution in [2.24, 2.45) is 0 Å². The van der Waals surface area contributed by atoms with Gasteiger partial charge in [0.2, 0.25) is 10.0 Å². The highest BCUT2D eigenvalue weighted by Gasteiger charge is 2.18. The van der Waals surface area contributed by atoms with Crippen molar-refractivity contribution in [1.82, 2.24) is 14.5 Å². The monoisotopic (exact) mass is 407 g/mol. The van der Waals surface area contributed by atoms with Gasteiger partial charge in [0.15, 0.2) is 0 Å². The van der Waals surface area contributed by atoms with Crippen LogP contribution < -0.4 is 4.72 Å². The van der Waals surface area contributed by atoms with E-state index in [2.05, 4.69) is 9.82 Å². The third-order valence-electron chi connectivity index (χ3n) is 3.92. The van der Waals surface area contributed by atoms with Gasteiger partial charge in [0.25, 0.3) is 0 Å². The Morgan fingerprint density at radius 1 is 1.23 bits per heavy atom. The maximum atomic E-state index is 12.6. The summed E-state index contributed by atoms with van der Waals surface area (Å²) in [7, 11) is -3.54. The van der Waals surface area contributed by atoms with Crippen molar-refractivity contribution in [1.29, 1.82) is 0 Å². The molecule has 0 aliphatic carbocycles. The highest BCUT2D eigenvalue weighted by atomic mass is 32.2. The summed E-state index contributed by atoms with van der Waals surface area (Å²) in [5.41, 5.74) is 2.72. The van der Waals surface area contributed by atoms with E-state index in [-0.39, 0.29) is 12.6 Å². The lowest BCUT2D eigenvalue weighted by Crippen LogP contribution is -2.22. The van der Waals surface area contributed by atoms with E-state index in [4.69, 9.17) is 0 Å². The molecule has 1 N–H and O–H groups in total. The van der Waals surface area contributed by atoms with Crippen molar-refractivity contribution < 1.29 is 8.42 Å². The number of hydrogen-bond acceptors (Lipinski definition) is 5. The zero-order valence-electron chi connectivity index (χ0n) is 14.8. The number of hydrogen-bond donors (Lipinski definition) is 1. The zero-order valence-corrected chi connectivity index (χ0v) is 17.3. The molecule has 0 bridgehead atoms. The molecule has 1 aromatic carbocycles. The second-order valence-electron chi connectivity index (χ2n) is 6.08. The van der Waals surface area contributed by atoms with E-state index >= 15 is 0 Å². The van der Waals surface area contributed by atoms with Crippen LogP contribution in [-0.2, 0) is 16.6 Å². The van der Waals surface area contributed by atoms with Crippen LogP contribution in [0.25, 0.3) is 11.3 Å². The summed E-state index contributed by atoms with van der Waals surface area (Å²) >= 11 is 2.88. The van der Waals surface area contributed by atoms with Gasteiger partial charge < -0.3 is 0 Å². The lowest BCUT2D eigenvalue weighted by Gasteiger charge is -2.09. The number of benzene rings is 1. The second kappa shape index (κ2) is 7.96. The van der Waals surface area contributed by atoms with Crippen molar-refractivity contribution in [3.8, 4) is 11.3 Å². The molecule has 8 heteroatoms. The Morgan fingerprint density at radius 3 is 2.62 bits per heavy atom. The molecule has 0 atom stereocenters. The number of aromatic nitrogens is 2. The molecule has 0 radical (unpaired) electrons. The quantitative estimate of drug-likeness (QED) is 0.590. The largest absolute Gasteiger partial charge is 0.262 e. The van der Waals surface area contributed by atoms with E-state index in [1.165, 1.54) is 11.3 Å². The van der Waals surface area contributed by atoms with Crippen LogP contribution in [0.4, 0.5) is 0 Å². The van der Waals surface area contributed by atoms with Gasteiger partial charge in [0, 0.05) is 34.6 Å². The highest BCUT2D eigenvalue weighted by molar-refractivity contribution is 7.98. The Labute approximate surface area is 162 Å². The normalized spacial score (nSPS) is 12.0. The topological polar surface area (TPSA) is 64.0 Å². The van der Waals surface area contributed by atoms with Gasteiger partial charge in [0.1, 0.15) is 4.21 Å². The van der Waals surface area contributed by atoms with Crippen LogP contribution in [0.2, 0.25) is 0 Å². The summed E-state index contributed by atoms with van der Waals surface area (Å²) in [5.74, 6) is 0. The average molecular weight is 408 g/mol. The number of rotatable bonds is 7. The van der Waals surface area contributed by atoms with Crippen LogP contribution in [-0.4, -0.2) is 24.5 Å². The maximum Gasteiger partial charge on any atom is 0.250 e. The molecule has 0 amide bonds. The number of sulfonamides is 1. The van der Waals surface area contributed by atoms with Gasteiger partial charge >= 0.3 is 0 Å². The van der Waals surface area contributed by atoms with Gasteiger partial charge in [-0.15, -0.1) is 23.1 Å². The molecular formula is C18H21N3O2S3. The van der Waals surface area contributed by atoms with Crippen LogP contribution in [0.1, 0.15) is 25.5 Å². The molecule has 26 heavy (non-hydrogen) atoms. The van der Waals surface area contributed by atoms with Crippen LogP contribution in [0.3, 0.4) is 0 Å². The van der Waals surface area contributed by atoms with Gasteiger partial charge in [-0.1, -0.05) is 12.1 Å². The van der Waals surface area contributed by atoms with Gasteiger partial charge in [-0.05, 0) is 49.9 Å². The van der Waals surface area contributed by atoms with Crippen molar-refractivity contribution >= 4 is 33.1 Å². The fourth-order valence-corrected chi connectivity index (χ4v) is 5.18. The standard InChI is InChI=1S/C18H21N3O2S3/c1-13(2)21-17(8-9-19-21)15-10-18(25-12-15)26(22,23)20-11-14-4-6-16(24-3)7-5-14/h4-10,12-13,20H,11H2,1-3H3. The molecular weight excluding hydrogens is 386 g/mol. The first-order valence-electron chi connectivity index (χ1n) is 8.15. The zero-order chi connectivity index (χ0) is 18.7. The van der Waals surface area contributed by atoms with Crippen LogP contribution in [0.5, 0.6) is 0 Å². The number of nitrogens with zero attached hydrogens (tertiary/aromatic N) is 2. The molecule has 0 saturated carbocycles. The van der Waals surface area contributed by atoms with Gasteiger partial charge in [-0.2, -0.15) is 5.10 Å². The molecule has 3 rings (SSSR count). The molecule has 3 aromatic rings. The SMILES string of the molecule is CSc1ccc(CNS(=O)(=O)c2cc(-c3ccnn3C(C)C)cs2)cc1. The first kappa shape index (κ1) is 19.2. The lowest BCUT2D eigenvalue weighted by atomic mass is 10.2. The number of thioether (sulfide) groups is 1. The van der Waals surface area contributed by atoms with Crippen molar-refractivity contribution in [2.75, 3.05) is 6.26 Å². The molecule has 0 saturated heterocycles. The minimum Gasteiger partial charge on any atom is -0.262 e. The van der Waals surface area contributed by atoms with Crippen LogP contribution >= 0.6 is 23.1 Å². The summed E-state index contributed by atoms with van der Waals surface area (Å²) in [6.45, 7) is 4.36. The second-order valence-corrected chi connectivity index (χ2v) is 9.87. The van der Waals surface area contributed by atoms with E-state index < -0.39 is 10.0 Å². The smallest absolute Gasteiger partial charge is 0.250 e. The molecule has 0 aliphatic heterocycles. The molecule has 0 fully saturated rings. The first-order chi connectivity index (χ1) is 12.4. The molecule has 5 nitrogen and oxygen atoms in total. The van der Waals surface area contributed by atoms with Crippen LogP contribution in [0.15, 0.2) is 57.1 Å². The highest BCUT2D eigenvalue weighted by Crippen LogP contribution is 2.29. The molecule has 0 spiro atoms. The fourth-order valence-electron chi connectivity index (χ4n) is 2.54. The summed E-state index contributed by atoms with van der Waals surface area (Å²) in [6, 6.07) is 11.7. The minimum absolute atomic E-state index is 0.210. The number of thiophene rings is 1. The maximum absolute atomic E-state index is 12.6. The lowest BCUT2D eigenvalue weighted by molar-refractivity contribution is 0.538. The summed E-state index contributed by atoms with van der Waals surface area (Å²) in [4.78, 5) is 1.15. The van der Waals surface area contributed by atoms with Crippen molar-refractivity contribution in [3.63, 3.8) is 0 Å². The van der Waals surface area contributed by atoms with Crippen LogP contribution in [0, 0.1) is 0 Å². The summed E-state index contributed by atoms with van der Waals surface area (Å²) in [6.07, 6.45) is 3.75. The van der Waals surface area contributed by atoms with Gasteiger partial charge in [0.05, 0.1) is 5.69 Å². The Kier molecular flexibility index (Phi) is 5.86. The Bertz CT molecular complexity index is 973. The number of nitrogens with one attached hydrogen (secondary N) is 1. The Hall–Kier alpha value is -1.61. The van der Waals surface area contributed by atoms with E-state index in [9.17, 15) is 8.42 Å². The minimum atomic E-state index is -3.54. The molecule has 0 unspecified atom stereocenters. The van der Waals surface area contributed by atoms with Gasteiger partial charge in [-0.3, -0.25) is 4.68 Å². The van der Waals surface area contributed by atoms with E-state index in [0.717, 1.165) is 21.7 Å². The average Bonchev–Trinajstić information content (AvgIpc) is 3.29. The molecule has 2 heterocycles. The van der Waals surface area contributed by atoms with Gasteiger partial charge in [-0.25, -0.2) is 13.1 Å². The summed E-state index contributed by atoms with van der Waals surface area (Å²) < 4.78 is 30.1. The molecule has 138 valence electrons. The Balaban J connectivity index is 1.75. The van der Waals surface area contributed by atoms with E-state index in [1.54, 1.807) is 24.0 Å². The van der Waals surface area contributed by atoms with Crippen molar-refractivity contribution in [3.05, 3.63) is 53.5 Å². The molecule has 0 aliphatic rings.